The van der Waals surface area contributed by atoms with E-state index in [1.807, 2.05) is 30.3 Å². The molecule has 1 saturated heterocycles. The summed E-state index contributed by atoms with van der Waals surface area (Å²) < 4.78 is 19.3. The first-order valence-corrected chi connectivity index (χ1v) is 7.94. The van der Waals surface area contributed by atoms with E-state index in [0.29, 0.717) is 18.7 Å². The van der Waals surface area contributed by atoms with Crippen LogP contribution in [0.2, 0.25) is 0 Å². The predicted octanol–water partition coefficient (Wildman–Crippen LogP) is 2.82. The Hall–Kier alpha value is -2.69. The van der Waals surface area contributed by atoms with Gasteiger partial charge in [-0.15, -0.1) is 0 Å². The zero-order valence-corrected chi connectivity index (χ0v) is 12.9. The van der Waals surface area contributed by atoms with Crippen molar-refractivity contribution in [2.45, 2.75) is 19.1 Å². The van der Waals surface area contributed by atoms with Crippen molar-refractivity contribution in [2.24, 2.45) is 5.92 Å². The van der Waals surface area contributed by atoms with E-state index in [1.54, 1.807) is 4.90 Å². The second-order valence-electron chi connectivity index (χ2n) is 6.23. The fourth-order valence-corrected chi connectivity index (χ4v) is 3.39. The number of hydrogen-bond donors (Lipinski definition) is 0. The second-order valence-corrected chi connectivity index (χ2v) is 6.23. The Morgan fingerprint density at radius 3 is 2.71 bits per heavy atom. The number of carbonyl (C=O) groups is 2. The lowest BCUT2D eigenvalue weighted by atomic mass is 9.83. The zero-order chi connectivity index (χ0) is 16.7. The number of likely N-dealkylation sites (tertiary alicyclic amines) is 1. The number of fused-ring (bicyclic) bond motifs is 2. The number of nitrogens with zero attached hydrogens (tertiary/aromatic N) is 1. The largest absolute Gasteiger partial charge is 0.487 e. The monoisotopic (exact) mass is 325 g/mol. The first-order chi connectivity index (χ1) is 11.6. The molecule has 0 saturated carbocycles. The summed E-state index contributed by atoms with van der Waals surface area (Å²) in [4.78, 5) is 26.7. The van der Waals surface area contributed by atoms with E-state index in [9.17, 15) is 14.0 Å². The molecule has 122 valence electrons. The van der Waals surface area contributed by atoms with Crippen molar-refractivity contribution in [1.82, 2.24) is 4.90 Å². The number of ketones is 1. The van der Waals surface area contributed by atoms with Crippen molar-refractivity contribution in [2.75, 3.05) is 6.54 Å². The summed E-state index contributed by atoms with van der Waals surface area (Å²) in [5, 5.41) is 0. The molecule has 2 aromatic rings. The van der Waals surface area contributed by atoms with Gasteiger partial charge in [0, 0.05) is 19.0 Å². The van der Waals surface area contributed by atoms with Gasteiger partial charge >= 0.3 is 0 Å². The van der Waals surface area contributed by atoms with Gasteiger partial charge in [-0.1, -0.05) is 30.3 Å². The van der Waals surface area contributed by atoms with Crippen LogP contribution >= 0.6 is 0 Å². The van der Waals surface area contributed by atoms with Gasteiger partial charge in [-0.3, -0.25) is 9.59 Å². The molecule has 0 aromatic heterocycles. The molecule has 0 bridgehead atoms. The van der Waals surface area contributed by atoms with Gasteiger partial charge in [0.2, 0.25) is 5.91 Å². The number of rotatable bonds is 2. The van der Waals surface area contributed by atoms with Gasteiger partial charge in [-0.25, -0.2) is 4.39 Å². The minimum absolute atomic E-state index is 0.0531. The molecule has 4 rings (SSSR count). The highest BCUT2D eigenvalue weighted by atomic mass is 19.1. The van der Waals surface area contributed by atoms with Crippen molar-refractivity contribution in [3.63, 3.8) is 0 Å². The molecule has 0 spiro atoms. The van der Waals surface area contributed by atoms with Crippen molar-refractivity contribution in [3.05, 3.63) is 65.5 Å². The van der Waals surface area contributed by atoms with Crippen LogP contribution < -0.4 is 4.74 Å². The lowest BCUT2D eigenvalue weighted by Gasteiger charge is -2.40. The molecule has 2 heterocycles. The Bertz CT molecular complexity index is 806. The zero-order valence-electron chi connectivity index (χ0n) is 12.9. The molecule has 2 aliphatic rings. The summed E-state index contributed by atoms with van der Waals surface area (Å²) in [5.41, 5.74) is 1.39. The minimum Gasteiger partial charge on any atom is -0.487 e. The highest BCUT2D eigenvalue weighted by Crippen LogP contribution is 2.36. The Balaban J connectivity index is 1.58. The number of ether oxygens (including phenoxy) is 1. The van der Waals surface area contributed by atoms with Crippen molar-refractivity contribution >= 4 is 11.7 Å². The van der Waals surface area contributed by atoms with Crippen molar-refractivity contribution in [3.8, 4) is 5.75 Å². The smallest absolute Gasteiger partial charge is 0.223 e. The maximum absolute atomic E-state index is 13.4. The predicted molar refractivity (Wildman–Crippen MR) is 85.1 cm³/mol. The number of piperidine rings is 1. The fourth-order valence-electron chi connectivity index (χ4n) is 3.39. The standard InChI is InChI=1S/C19H16FNO3/c20-13-6-7-14-16(8-13)24-17-11-21(10-12-4-2-1-3-5-12)18(22)9-15(17)19(14)23/h1-8,15,17H,9-11H2/t15-,17+/m0/s1. The molecule has 4 nitrogen and oxygen atoms in total. The average Bonchev–Trinajstić information content (AvgIpc) is 2.57. The molecule has 1 amide bonds. The van der Waals surface area contributed by atoms with Crippen LogP contribution in [0.3, 0.4) is 0 Å². The van der Waals surface area contributed by atoms with E-state index < -0.39 is 17.8 Å². The topological polar surface area (TPSA) is 46.6 Å². The summed E-state index contributed by atoms with van der Waals surface area (Å²) in [7, 11) is 0. The summed E-state index contributed by atoms with van der Waals surface area (Å²) in [6.07, 6.45) is -0.291. The van der Waals surface area contributed by atoms with Crippen LogP contribution in [0.4, 0.5) is 4.39 Å². The van der Waals surface area contributed by atoms with Crippen LogP contribution in [0.15, 0.2) is 48.5 Å². The molecule has 0 unspecified atom stereocenters. The number of Topliss-reactive ketones (excluding diaryl/α,β-unsaturated/α-hetero) is 1. The number of halogens is 1. The molecule has 2 aromatic carbocycles. The Morgan fingerprint density at radius 1 is 1.12 bits per heavy atom. The lowest BCUT2D eigenvalue weighted by Crippen LogP contribution is -2.53. The van der Waals surface area contributed by atoms with Crippen LogP contribution in [-0.4, -0.2) is 29.2 Å². The summed E-state index contributed by atoms with van der Waals surface area (Å²) in [6, 6.07) is 13.6. The third-order valence-electron chi connectivity index (χ3n) is 4.64. The fraction of sp³-hybridized carbons (Fsp3) is 0.263. The van der Waals surface area contributed by atoms with E-state index in [4.69, 9.17) is 4.74 Å². The van der Waals surface area contributed by atoms with E-state index >= 15 is 0 Å². The highest BCUT2D eigenvalue weighted by molar-refractivity contribution is 6.03. The van der Waals surface area contributed by atoms with Crippen LogP contribution in [0.25, 0.3) is 0 Å². The quantitative estimate of drug-likeness (QED) is 0.853. The Labute approximate surface area is 138 Å². The van der Waals surface area contributed by atoms with Gasteiger partial charge in [0.25, 0.3) is 0 Å². The number of hydrogen-bond acceptors (Lipinski definition) is 3. The van der Waals surface area contributed by atoms with Crippen LogP contribution in [-0.2, 0) is 11.3 Å². The third-order valence-corrected chi connectivity index (χ3v) is 4.64. The number of carbonyl (C=O) groups excluding carboxylic acids is 2. The summed E-state index contributed by atoms with van der Waals surface area (Å²) in [5.74, 6) is -0.831. The van der Waals surface area contributed by atoms with Gasteiger partial charge in [-0.2, -0.15) is 0 Å². The van der Waals surface area contributed by atoms with E-state index in [-0.39, 0.29) is 23.9 Å². The maximum atomic E-state index is 13.4. The number of amides is 1. The summed E-state index contributed by atoms with van der Waals surface area (Å²) in [6.45, 7) is 0.816. The lowest BCUT2D eigenvalue weighted by molar-refractivity contribution is -0.139. The van der Waals surface area contributed by atoms with Gasteiger partial charge < -0.3 is 9.64 Å². The van der Waals surface area contributed by atoms with E-state index in [0.717, 1.165) is 5.56 Å². The van der Waals surface area contributed by atoms with Crippen molar-refractivity contribution < 1.29 is 18.7 Å². The molecular weight excluding hydrogens is 309 g/mol. The second kappa shape index (κ2) is 5.74. The van der Waals surface area contributed by atoms with Gasteiger partial charge in [0.05, 0.1) is 18.0 Å². The molecule has 2 atom stereocenters. The Morgan fingerprint density at radius 2 is 1.92 bits per heavy atom. The normalized spacial score (nSPS) is 22.6. The maximum Gasteiger partial charge on any atom is 0.223 e. The van der Waals surface area contributed by atoms with Crippen LogP contribution in [0.5, 0.6) is 5.75 Å². The first kappa shape index (κ1) is 14.9. The molecule has 0 aliphatic carbocycles. The molecule has 1 fully saturated rings. The third kappa shape index (κ3) is 2.56. The van der Waals surface area contributed by atoms with Crippen molar-refractivity contribution in [1.29, 1.82) is 0 Å². The molecular formula is C19H16FNO3. The molecule has 24 heavy (non-hydrogen) atoms. The highest BCUT2D eigenvalue weighted by Gasteiger charge is 2.44. The van der Waals surface area contributed by atoms with E-state index in [1.165, 1.54) is 18.2 Å². The molecule has 0 N–H and O–H groups in total. The average molecular weight is 325 g/mol. The van der Waals surface area contributed by atoms with Crippen LogP contribution in [0.1, 0.15) is 22.3 Å². The summed E-state index contributed by atoms with van der Waals surface area (Å²) >= 11 is 0. The Kier molecular flexibility index (Phi) is 3.56. The van der Waals surface area contributed by atoms with Gasteiger partial charge in [-0.05, 0) is 17.7 Å². The van der Waals surface area contributed by atoms with Gasteiger partial charge in [0.15, 0.2) is 5.78 Å². The minimum atomic E-state index is -0.484. The van der Waals surface area contributed by atoms with E-state index in [2.05, 4.69) is 0 Å². The molecule has 0 radical (unpaired) electrons. The SMILES string of the molecule is O=C1c2ccc(F)cc2O[C@@H]2CN(Cc3ccccc3)C(=O)C[C@H]12. The first-order valence-electron chi connectivity index (χ1n) is 7.94. The molecule has 5 heteroatoms. The number of benzene rings is 2. The molecule has 2 aliphatic heterocycles. The van der Waals surface area contributed by atoms with Gasteiger partial charge in [0.1, 0.15) is 17.7 Å². The van der Waals surface area contributed by atoms with Crippen LogP contribution in [0, 0.1) is 11.7 Å².